The summed E-state index contributed by atoms with van der Waals surface area (Å²) in [7, 11) is 0. The molecule has 0 atom stereocenters. The molecule has 0 saturated carbocycles. The molecule has 3 N–H and O–H groups in total. The molecular formula is C11H11N3O2. The standard InChI is InChI=1S/C11H11N3O2/c1-6-2-3-7(8-4-13-14-11(8)12)10-9(6)15-5-16-10/h2-4H,5H2,1H3,(H3,12,13,14). The van der Waals surface area contributed by atoms with Crippen LogP contribution in [0.15, 0.2) is 18.3 Å². The van der Waals surface area contributed by atoms with Crippen molar-refractivity contribution in [1.29, 1.82) is 0 Å². The molecule has 16 heavy (non-hydrogen) atoms. The molecule has 82 valence electrons. The van der Waals surface area contributed by atoms with Crippen molar-refractivity contribution in [3.05, 3.63) is 23.9 Å². The number of H-pyrrole nitrogens is 1. The highest BCUT2D eigenvalue weighted by Gasteiger charge is 2.22. The predicted octanol–water partition coefficient (Wildman–Crippen LogP) is 1.70. The molecule has 1 aliphatic rings. The van der Waals surface area contributed by atoms with E-state index in [0.29, 0.717) is 5.82 Å². The van der Waals surface area contributed by atoms with Gasteiger partial charge in [0.15, 0.2) is 11.5 Å². The van der Waals surface area contributed by atoms with E-state index in [1.165, 1.54) is 0 Å². The zero-order valence-electron chi connectivity index (χ0n) is 8.78. The highest BCUT2D eigenvalue weighted by Crippen LogP contribution is 2.44. The molecule has 0 spiro atoms. The van der Waals surface area contributed by atoms with Crippen LogP contribution in [0.1, 0.15) is 5.56 Å². The molecule has 0 saturated heterocycles. The fraction of sp³-hybridized carbons (Fsp3) is 0.182. The molecule has 2 heterocycles. The normalized spacial score (nSPS) is 13.1. The Balaban J connectivity index is 2.23. The lowest BCUT2D eigenvalue weighted by atomic mass is 10.0. The topological polar surface area (TPSA) is 73.2 Å². The molecule has 1 aliphatic heterocycles. The lowest BCUT2D eigenvalue weighted by Gasteiger charge is -2.06. The third-order valence-corrected chi connectivity index (χ3v) is 2.67. The maximum absolute atomic E-state index is 5.79. The van der Waals surface area contributed by atoms with E-state index < -0.39 is 0 Å². The smallest absolute Gasteiger partial charge is 0.231 e. The van der Waals surface area contributed by atoms with Crippen molar-refractivity contribution in [1.82, 2.24) is 10.2 Å². The van der Waals surface area contributed by atoms with Gasteiger partial charge in [0, 0.05) is 11.1 Å². The summed E-state index contributed by atoms with van der Waals surface area (Å²) in [6.45, 7) is 2.24. The SMILES string of the molecule is Cc1ccc(-c2cn[nH]c2N)c2c1OCO2. The average Bonchev–Trinajstić information content (AvgIpc) is 2.88. The van der Waals surface area contributed by atoms with Crippen molar-refractivity contribution < 1.29 is 9.47 Å². The number of fused-ring (bicyclic) bond motifs is 1. The number of aromatic nitrogens is 2. The predicted molar refractivity (Wildman–Crippen MR) is 59.3 cm³/mol. The van der Waals surface area contributed by atoms with Crippen LogP contribution in [0.2, 0.25) is 0 Å². The van der Waals surface area contributed by atoms with Gasteiger partial charge in [-0.05, 0) is 18.6 Å². The summed E-state index contributed by atoms with van der Waals surface area (Å²) in [6.07, 6.45) is 1.68. The van der Waals surface area contributed by atoms with E-state index in [-0.39, 0.29) is 6.79 Å². The maximum Gasteiger partial charge on any atom is 0.231 e. The summed E-state index contributed by atoms with van der Waals surface area (Å²) in [5.41, 5.74) is 8.59. The number of nitrogens with two attached hydrogens (primary N) is 1. The molecule has 0 radical (unpaired) electrons. The van der Waals surface area contributed by atoms with E-state index in [4.69, 9.17) is 15.2 Å². The average molecular weight is 217 g/mol. The summed E-state index contributed by atoms with van der Waals surface area (Å²) in [6, 6.07) is 3.94. The maximum atomic E-state index is 5.79. The first kappa shape index (κ1) is 9.08. The monoisotopic (exact) mass is 217 g/mol. The van der Waals surface area contributed by atoms with Gasteiger partial charge in [-0.15, -0.1) is 0 Å². The van der Waals surface area contributed by atoms with Gasteiger partial charge < -0.3 is 15.2 Å². The molecule has 0 unspecified atom stereocenters. The third-order valence-electron chi connectivity index (χ3n) is 2.67. The number of nitrogens with zero attached hydrogens (tertiary/aromatic N) is 1. The number of nitrogen functional groups attached to an aromatic ring is 1. The van der Waals surface area contributed by atoms with Gasteiger partial charge in [-0.2, -0.15) is 5.10 Å². The molecule has 0 bridgehead atoms. The Hall–Kier alpha value is -2.17. The molecule has 5 nitrogen and oxygen atoms in total. The van der Waals surface area contributed by atoms with Gasteiger partial charge >= 0.3 is 0 Å². The van der Waals surface area contributed by atoms with Gasteiger partial charge in [-0.1, -0.05) is 6.07 Å². The number of rotatable bonds is 1. The van der Waals surface area contributed by atoms with Crippen LogP contribution in [0.4, 0.5) is 5.82 Å². The third kappa shape index (κ3) is 1.14. The Morgan fingerprint density at radius 1 is 1.25 bits per heavy atom. The van der Waals surface area contributed by atoms with Crippen LogP contribution in [-0.2, 0) is 0 Å². The van der Waals surface area contributed by atoms with Crippen LogP contribution in [0, 0.1) is 6.92 Å². The van der Waals surface area contributed by atoms with Crippen LogP contribution in [0.5, 0.6) is 11.5 Å². The fourth-order valence-electron chi connectivity index (χ4n) is 1.85. The molecular weight excluding hydrogens is 206 g/mol. The Morgan fingerprint density at radius 3 is 2.81 bits per heavy atom. The summed E-state index contributed by atoms with van der Waals surface area (Å²) in [5.74, 6) is 2.06. The van der Waals surface area contributed by atoms with E-state index >= 15 is 0 Å². The number of hydrogen-bond donors (Lipinski definition) is 2. The molecule has 3 rings (SSSR count). The fourth-order valence-corrected chi connectivity index (χ4v) is 1.85. The van der Waals surface area contributed by atoms with Crippen LogP contribution < -0.4 is 15.2 Å². The van der Waals surface area contributed by atoms with Crippen LogP contribution in [0.3, 0.4) is 0 Å². The Bertz CT molecular complexity index is 548. The molecule has 0 fully saturated rings. The molecule has 1 aromatic heterocycles. The van der Waals surface area contributed by atoms with E-state index in [1.54, 1.807) is 6.20 Å². The number of aromatic amines is 1. The Morgan fingerprint density at radius 2 is 2.06 bits per heavy atom. The highest BCUT2D eigenvalue weighted by molar-refractivity contribution is 5.81. The number of anilines is 1. The first-order valence-electron chi connectivity index (χ1n) is 4.96. The van der Waals surface area contributed by atoms with Crippen molar-refractivity contribution in [3.63, 3.8) is 0 Å². The first-order chi connectivity index (χ1) is 7.77. The second-order valence-electron chi connectivity index (χ2n) is 3.69. The van der Waals surface area contributed by atoms with Crippen molar-refractivity contribution in [2.75, 3.05) is 12.5 Å². The van der Waals surface area contributed by atoms with E-state index in [0.717, 1.165) is 28.2 Å². The number of nitrogens with one attached hydrogen (secondary N) is 1. The van der Waals surface area contributed by atoms with Crippen molar-refractivity contribution in [2.45, 2.75) is 6.92 Å². The van der Waals surface area contributed by atoms with Crippen LogP contribution in [0.25, 0.3) is 11.1 Å². The van der Waals surface area contributed by atoms with Gasteiger partial charge in [0.2, 0.25) is 6.79 Å². The van der Waals surface area contributed by atoms with Gasteiger partial charge in [0.05, 0.1) is 6.20 Å². The van der Waals surface area contributed by atoms with E-state index in [9.17, 15) is 0 Å². The van der Waals surface area contributed by atoms with Crippen LogP contribution in [-0.4, -0.2) is 17.0 Å². The summed E-state index contributed by atoms with van der Waals surface area (Å²) >= 11 is 0. The minimum atomic E-state index is 0.255. The summed E-state index contributed by atoms with van der Waals surface area (Å²) < 4.78 is 10.9. The van der Waals surface area contributed by atoms with Gasteiger partial charge in [-0.3, -0.25) is 5.10 Å². The Kier molecular flexibility index (Phi) is 1.80. The van der Waals surface area contributed by atoms with Gasteiger partial charge in [0.25, 0.3) is 0 Å². The van der Waals surface area contributed by atoms with Gasteiger partial charge in [-0.25, -0.2) is 0 Å². The summed E-state index contributed by atoms with van der Waals surface area (Å²) in [4.78, 5) is 0. The summed E-state index contributed by atoms with van der Waals surface area (Å²) in [5, 5.41) is 6.60. The lowest BCUT2D eigenvalue weighted by Crippen LogP contribution is -1.94. The molecule has 2 aromatic rings. The second kappa shape index (κ2) is 3.16. The molecule has 0 amide bonds. The number of benzene rings is 1. The van der Waals surface area contributed by atoms with Crippen LogP contribution >= 0.6 is 0 Å². The minimum absolute atomic E-state index is 0.255. The van der Waals surface area contributed by atoms with Crippen molar-refractivity contribution in [2.24, 2.45) is 0 Å². The highest BCUT2D eigenvalue weighted by atomic mass is 16.7. The largest absolute Gasteiger partial charge is 0.453 e. The Labute approximate surface area is 92.2 Å². The minimum Gasteiger partial charge on any atom is -0.453 e. The molecule has 1 aromatic carbocycles. The molecule has 0 aliphatic carbocycles. The molecule has 5 heteroatoms. The second-order valence-corrected chi connectivity index (χ2v) is 3.69. The number of hydrogen-bond acceptors (Lipinski definition) is 4. The van der Waals surface area contributed by atoms with Gasteiger partial charge in [0.1, 0.15) is 5.82 Å². The van der Waals surface area contributed by atoms with E-state index in [2.05, 4.69) is 10.2 Å². The first-order valence-corrected chi connectivity index (χ1v) is 4.96. The number of ether oxygens (including phenoxy) is 2. The quantitative estimate of drug-likeness (QED) is 0.762. The zero-order chi connectivity index (χ0) is 11.1. The van der Waals surface area contributed by atoms with Crippen molar-refractivity contribution >= 4 is 5.82 Å². The van der Waals surface area contributed by atoms with Crippen molar-refractivity contribution in [3.8, 4) is 22.6 Å². The zero-order valence-corrected chi connectivity index (χ0v) is 8.78. The number of aryl methyl sites for hydroxylation is 1. The van der Waals surface area contributed by atoms with E-state index in [1.807, 2.05) is 19.1 Å². The lowest BCUT2D eigenvalue weighted by molar-refractivity contribution is 0.174.